The SMILES string of the molecule is CC(C)c1ccc2c(c1)[C@H]1OCCO[C@H]1[C@H](c1c(F)cccc1F)N2. The standard InChI is InChI=1S/C20H21F2NO2/c1-11(2)12-6-7-16-13(10-12)19-20(25-9-8-24-19)18(23-16)17-14(21)4-3-5-15(17)22/h3-7,10-11,18-20,23H,8-9H2,1-2H3/t18-,19+,20-/m0/s1. The predicted octanol–water partition coefficient (Wildman–Crippen LogP) is 4.71. The van der Waals surface area contributed by atoms with Gasteiger partial charge in [0.2, 0.25) is 0 Å². The lowest BCUT2D eigenvalue weighted by molar-refractivity contribution is -0.151. The van der Waals surface area contributed by atoms with Gasteiger partial charge in [-0.05, 0) is 29.7 Å². The van der Waals surface area contributed by atoms with Gasteiger partial charge in [-0.25, -0.2) is 8.78 Å². The number of halogens is 2. The maximum atomic E-state index is 14.4. The molecule has 1 fully saturated rings. The zero-order valence-corrected chi connectivity index (χ0v) is 14.3. The van der Waals surface area contributed by atoms with Crippen LogP contribution in [0.25, 0.3) is 0 Å². The van der Waals surface area contributed by atoms with Crippen molar-refractivity contribution in [1.82, 2.24) is 0 Å². The Balaban J connectivity index is 1.81. The van der Waals surface area contributed by atoms with Gasteiger partial charge in [-0.1, -0.05) is 32.0 Å². The van der Waals surface area contributed by atoms with E-state index in [-0.39, 0.29) is 11.7 Å². The fourth-order valence-electron chi connectivity index (χ4n) is 3.68. The van der Waals surface area contributed by atoms with E-state index in [1.165, 1.54) is 23.8 Å². The minimum Gasteiger partial charge on any atom is -0.375 e. The minimum atomic E-state index is -0.635. The van der Waals surface area contributed by atoms with E-state index in [1.54, 1.807) is 0 Å². The molecular weight excluding hydrogens is 324 g/mol. The highest BCUT2D eigenvalue weighted by molar-refractivity contribution is 5.59. The molecular formula is C20H21F2NO2. The van der Waals surface area contributed by atoms with E-state index in [4.69, 9.17) is 9.47 Å². The van der Waals surface area contributed by atoms with E-state index >= 15 is 0 Å². The van der Waals surface area contributed by atoms with E-state index in [0.717, 1.165) is 11.3 Å². The van der Waals surface area contributed by atoms with Crippen LogP contribution in [-0.2, 0) is 9.47 Å². The molecule has 0 aliphatic carbocycles. The van der Waals surface area contributed by atoms with Gasteiger partial charge < -0.3 is 14.8 Å². The van der Waals surface area contributed by atoms with Crippen molar-refractivity contribution < 1.29 is 18.3 Å². The molecule has 2 heterocycles. The second-order valence-corrected chi connectivity index (χ2v) is 6.89. The number of nitrogens with one attached hydrogen (secondary N) is 1. The maximum absolute atomic E-state index is 14.4. The van der Waals surface area contributed by atoms with Crippen LogP contribution in [0.1, 0.15) is 48.6 Å². The van der Waals surface area contributed by atoms with Crippen LogP contribution < -0.4 is 5.32 Å². The number of anilines is 1. The molecule has 0 bridgehead atoms. The van der Waals surface area contributed by atoms with Gasteiger partial charge in [0.05, 0.1) is 19.3 Å². The molecule has 0 spiro atoms. The van der Waals surface area contributed by atoms with E-state index < -0.39 is 23.8 Å². The van der Waals surface area contributed by atoms with Crippen molar-refractivity contribution in [1.29, 1.82) is 0 Å². The van der Waals surface area contributed by atoms with Gasteiger partial charge in [0.25, 0.3) is 0 Å². The van der Waals surface area contributed by atoms with Crippen LogP contribution in [0.5, 0.6) is 0 Å². The summed E-state index contributed by atoms with van der Waals surface area (Å²) in [5.74, 6) is -0.768. The molecule has 2 aliphatic heterocycles. The molecule has 132 valence electrons. The first-order chi connectivity index (χ1) is 12.1. The Morgan fingerprint density at radius 2 is 1.76 bits per heavy atom. The molecule has 0 saturated carbocycles. The summed E-state index contributed by atoms with van der Waals surface area (Å²) in [5, 5.41) is 3.28. The van der Waals surface area contributed by atoms with Crippen molar-refractivity contribution in [3.8, 4) is 0 Å². The van der Waals surface area contributed by atoms with Gasteiger partial charge in [-0.15, -0.1) is 0 Å². The fraction of sp³-hybridized carbons (Fsp3) is 0.400. The van der Waals surface area contributed by atoms with E-state index in [1.807, 2.05) is 12.1 Å². The number of rotatable bonds is 2. The van der Waals surface area contributed by atoms with Crippen molar-refractivity contribution in [2.45, 2.75) is 38.0 Å². The van der Waals surface area contributed by atoms with Crippen LogP contribution >= 0.6 is 0 Å². The molecule has 2 aliphatic rings. The van der Waals surface area contributed by atoms with E-state index in [2.05, 4.69) is 25.2 Å². The Labute approximate surface area is 146 Å². The van der Waals surface area contributed by atoms with Crippen molar-refractivity contribution >= 4 is 5.69 Å². The summed E-state index contributed by atoms with van der Waals surface area (Å²) < 4.78 is 40.6. The fourth-order valence-corrected chi connectivity index (χ4v) is 3.68. The topological polar surface area (TPSA) is 30.5 Å². The lowest BCUT2D eigenvalue weighted by Gasteiger charge is -2.43. The molecule has 0 aromatic heterocycles. The van der Waals surface area contributed by atoms with Gasteiger partial charge >= 0.3 is 0 Å². The predicted molar refractivity (Wildman–Crippen MR) is 91.7 cm³/mol. The average Bonchev–Trinajstić information content (AvgIpc) is 2.61. The first-order valence-corrected chi connectivity index (χ1v) is 8.63. The summed E-state index contributed by atoms with van der Waals surface area (Å²) in [6.45, 7) is 5.14. The second kappa shape index (κ2) is 6.39. The summed E-state index contributed by atoms with van der Waals surface area (Å²) in [5.41, 5.74) is 3.03. The Hall–Kier alpha value is -1.98. The normalized spacial score (nSPS) is 25.2. The zero-order valence-electron chi connectivity index (χ0n) is 14.3. The minimum absolute atomic E-state index is 0.00147. The van der Waals surface area contributed by atoms with Gasteiger partial charge in [0.1, 0.15) is 23.8 Å². The second-order valence-electron chi connectivity index (χ2n) is 6.89. The van der Waals surface area contributed by atoms with Crippen molar-refractivity contribution in [2.24, 2.45) is 0 Å². The van der Waals surface area contributed by atoms with Gasteiger partial charge in [-0.2, -0.15) is 0 Å². The molecule has 0 radical (unpaired) electrons. The Morgan fingerprint density at radius 3 is 2.48 bits per heavy atom. The van der Waals surface area contributed by atoms with Crippen molar-refractivity contribution in [3.05, 3.63) is 64.7 Å². The third-order valence-electron chi connectivity index (χ3n) is 4.99. The van der Waals surface area contributed by atoms with E-state index in [0.29, 0.717) is 19.1 Å². The van der Waals surface area contributed by atoms with Gasteiger partial charge in [-0.3, -0.25) is 0 Å². The molecule has 1 saturated heterocycles. The molecule has 2 aromatic carbocycles. The third-order valence-corrected chi connectivity index (χ3v) is 4.99. The smallest absolute Gasteiger partial charge is 0.131 e. The third kappa shape index (κ3) is 2.81. The molecule has 1 N–H and O–H groups in total. The molecule has 25 heavy (non-hydrogen) atoms. The lowest BCUT2D eigenvalue weighted by atomic mass is 9.85. The Morgan fingerprint density at radius 1 is 1.04 bits per heavy atom. The average molecular weight is 345 g/mol. The highest BCUT2D eigenvalue weighted by Crippen LogP contribution is 2.45. The first kappa shape index (κ1) is 16.5. The molecule has 4 rings (SSSR count). The van der Waals surface area contributed by atoms with Crippen LogP contribution in [0.4, 0.5) is 14.5 Å². The number of hydrogen-bond donors (Lipinski definition) is 1. The molecule has 3 atom stereocenters. The molecule has 2 aromatic rings. The largest absolute Gasteiger partial charge is 0.375 e. The molecule has 0 unspecified atom stereocenters. The molecule has 0 amide bonds. The summed E-state index contributed by atoms with van der Waals surface area (Å²) in [7, 11) is 0. The number of ether oxygens (including phenoxy) is 2. The van der Waals surface area contributed by atoms with Gasteiger partial charge in [0.15, 0.2) is 0 Å². The van der Waals surface area contributed by atoms with Crippen LogP contribution in [-0.4, -0.2) is 19.3 Å². The Kier molecular flexibility index (Phi) is 4.21. The summed E-state index contributed by atoms with van der Waals surface area (Å²) in [6, 6.07) is 9.39. The number of fused-ring (bicyclic) bond motifs is 3. The van der Waals surface area contributed by atoms with Crippen LogP contribution in [0.2, 0.25) is 0 Å². The van der Waals surface area contributed by atoms with Crippen LogP contribution in [0.3, 0.4) is 0 Å². The molecule has 3 nitrogen and oxygen atoms in total. The molecule has 5 heteroatoms. The Bertz CT molecular complexity index is 773. The lowest BCUT2D eigenvalue weighted by Crippen LogP contribution is -2.43. The quantitative estimate of drug-likeness (QED) is 0.855. The maximum Gasteiger partial charge on any atom is 0.131 e. The van der Waals surface area contributed by atoms with E-state index in [9.17, 15) is 8.78 Å². The number of benzene rings is 2. The summed E-state index contributed by atoms with van der Waals surface area (Å²) in [4.78, 5) is 0. The van der Waals surface area contributed by atoms with Crippen LogP contribution in [0, 0.1) is 11.6 Å². The number of hydrogen-bond acceptors (Lipinski definition) is 3. The summed E-state index contributed by atoms with van der Waals surface area (Å²) >= 11 is 0. The van der Waals surface area contributed by atoms with Gasteiger partial charge in [0, 0.05) is 16.8 Å². The van der Waals surface area contributed by atoms with Crippen molar-refractivity contribution in [3.63, 3.8) is 0 Å². The van der Waals surface area contributed by atoms with Crippen LogP contribution in [0.15, 0.2) is 36.4 Å². The summed E-state index contributed by atoms with van der Waals surface area (Å²) in [6.07, 6.45) is -0.817. The monoisotopic (exact) mass is 345 g/mol. The highest BCUT2D eigenvalue weighted by atomic mass is 19.1. The first-order valence-electron chi connectivity index (χ1n) is 8.63. The van der Waals surface area contributed by atoms with Crippen molar-refractivity contribution in [2.75, 3.05) is 18.5 Å². The zero-order chi connectivity index (χ0) is 17.6. The highest BCUT2D eigenvalue weighted by Gasteiger charge is 2.43.